The number of allylic oxidation sites excluding steroid dienone is 4. The van der Waals surface area contributed by atoms with Crippen LogP contribution >= 0.6 is 0 Å². The molecule has 1 aromatic carbocycles. The summed E-state index contributed by atoms with van der Waals surface area (Å²) in [6, 6.07) is 5.93. The molecule has 41 heavy (non-hydrogen) atoms. The van der Waals surface area contributed by atoms with E-state index in [9.17, 15) is 14.7 Å². The van der Waals surface area contributed by atoms with E-state index >= 15 is 0 Å². The van der Waals surface area contributed by atoms with Gasteiger partial charge in [-0.15, -0.1) is 0 Å². The Morgan fingerprint density at radius 2 is 1.83 bits per heavy atom. The normalized spacial score (nSPS) is 35.3. The van der Waals surface area contributed by atoms with Crippen molar-refractivity contribution in [2.24, 2.45) is 22.7 Å². The van der Waals surface area contributed by atoms with Crippen molar-refractivity contribution in [3.05, 3.63) is 46.6 Å². The third-order valence-electron chi connectivity index (χ3n) is 11.6. The van der Waals surface area contributed by atoms with Gasteiger partial charge in [0, 0.05) is 49.9 Å². The van der Waals surface area contributed by atoms with Crippen LogP contribution < -0.4 is 14.8 Å². The summed E-state index contributed by atoms with van der Waals surface area (Å²) >= 11 is 0. The van der Waals surface area contributed by atoms with Crippen LogP contribution in [0.5, 0.6) is 11.5 Å². The van der Waals surface area contributed by atoms with Crippen LogP contribution in [0.2, 0.25) is 0 Å². The highest BCUT2D eigenvalue weighted by Crippen LogP contribution is 2.66. The molecular weight excluding hydrogens is 516 g/mol. The van der Waals surface area contributed by atoms with Gasteiger partial charge >= 0.3 is 0 Å². The summed E-state index contributed by atoms with van der Waals surface area (Å²) in [6.07, 6.45) is 8.40. The highest BCUT2D eigenvalue weighted by molar-refractivity contribution is 5.98. The second-order valence-electron chi connectivity index (χ2n) is 13.5. The average molecular weight is 563 g/mol. The minimum atomic E-state index is -1.28. The first kappa shape index (κ1) is 28.6. The van der Waals surface area contributed by atoms with E-state index in [1.54, 1.807) is 14.2 Å². The summed E-state index contributed by atoms with van der Waals surface area (Å²) in [5.41, 5.74) is 2.91. The molecule has 7 heteroatoms. The van der Waals surface area contributed by atoms with Crippen molar-refractivity contribution in [3.63, 3.8) is 0 Å². The van der Waals surface area contributed by atoms with Gasteiger partial charge in [-0.2, -0.15) is 0 Å². The Labute approximate surface area is 244 Å². The number of ether oxygens (including phenoxy) is 2. The van der Waals surface area contributed by atoms with Crippen molar-refractivity contribution < 1.29 is 24.2 Å². The lowest BCUT2D eigenvalue weighted by molar-refractivity contribution is -0.154. The van der Waals surface area contributed by atoms with Crippen LogP contribution in [-0.2, 0) is 16.0 Å². The Morgan fingerprint density at radius 1 is 1.07 bits per heavy atom. The molecule has 5 aliphatic rings. The van der Waals surface area contributed by atoms with Crippen LogP contribution in [-0.4, -0.2) is 74.1 Å². The third-order valence-corrected chi connectivity index (χ3v) is 11.6. The molecule has 0 unspecified atom stereocenters. The van der Waals surface area contributed by atoms with Gasteiger partial charge in [-0.1, -0.05) is 37.1 Å². The van der Waals surface area contributed by atoms with Crippen molar-refractivity contribution >= 4 is 11.6 Å². The number of carbonyl (C=O) groups is 2. The predicted molar refractivity (Wildman–Crippen MR) is 158 cm³/mol. The number of piperazine rings is 1. The quantitative estimate of drug-likeness (QED) is 0.480. The molecule has 0 radical (unpaired) electrons. The summed E-state index contributed by atoms with van der Waals surface area (Å²) < 4.78 is 10.9. The molecule has 4 aliphatic carbocycles. The van der Waals surface area contributed by atoms with Gasteiger partial charge in [0.2, 0.25) is 0 Å². The van der Waals surface area contributed by atoms with Gasteiger partial charge in [0.1, 0.15) is 5.60 Å². The molecule has 3 fully saturated rings. The fourth-order valence-electron chi connectivity index (χ4n) is 9.19. The number of nitrogens with one attached hydrogen (secondary N) is 1. The standard InChI is InChI=1S/C34H46N2O5/c1-32-12-11-28(37)24(19-22-5-8-29(40-3)30(20-22)41-4)25(32)7-6-23-26(32)9-13-33(2)27(23)10-14-34(33,39)31(38)21-36-17-15-35-16-18-36/h5,8-9,20,23,27,35,39H,6-7,10-19,21H2,1-4H3/t23-,27+,32+,33+,34+/m1/s1. The maximum atomic E-state index is 13.7. The van der Waals surface area contributed by atoms with Crippen molar-refractivity contribution in [3.8, 4) is 11.5 Å². The van der Waals surface area contributed by atoms with E-state index in [1.165, 1.54) is 11.1 Å². The van der Waals surface area contributed by atoms with E-state index in [0.29, 0.717) is 43.2 Å². The monoisotopic (exact) mass is 562 g/mol. The van der Waals surface area contributed by atoms with Crippen LogP contribution in [0.15, 0.2) is 41.0 Å². The lowest BCUT2D eigenvalue weighted by Gasteiger charge is -2.55. The fourth-order valence-corrected chi connectivity index (χ4v) is 9.19. The average Bonchev–Trinajstić information content (AvgIpc) is 3.26. The first-order valence-electron chi connectivity index (χ1n) is 15.5. The van der Waals surface area contributed by atoms with Crippen LogP contribution in [0.3, 0.4) is 0 Å². The zero-order chi connectivity index (χ0) is 29.0. The number of methoxy groups -OCH3 is 2. The molecule has 0 bridgehead atoms. The Balaban J connectivity index is 1.29. The number of hydrogen-bond donors (Lipinski definition) is 2. The van der Waals surface area contributed by atoms with Gasteiger partial charge in [-0.3, -0.25) is 14.5 Å². The topological polar surface area (TPSA) is 88.1 Å². The Bertz CT molecular complexity index is 1300. The molecule has 1 heterocycles. The molecule has 7 nitrogen and oxygen atoms in total. The number of aliphatic hydroxyl groups is 1. The van der Waals surface area contributed by atoms with Crippen molar-refractivity contribution in [2.75, 3.05) is 46.9 Å². The van der Waals surface area contributed by atoms with E-state index in [0.717, 1.165) is 69.4 Å². The maximum Gasteiger partial charge on any atom is 0.178 e. The maximum absolute atomic E-state index is 13.7. The molecule has 2 saturated carbocycles. The molecule has 1 saturated heterocycles. The van der Waals surface area contributed by atoms with E-state index in [4.69, 9.17) is 9.47 Å². The van der Waals surface area contributed by atoms with Gasteiger partial charge < -0.3 is 19.9 Å². The summed E-state index contributed by atoms with van der Waals surface area (Å²) in [5.74, 6) is 2.27. The number of rotatable bonds is 7. The van der Waals surface area contributed by atoms with Crippen molar-refractivity contribution in [1.82, 2.24) is 10.2 Å². The fraction of sp³-hybridized carbons (Fsp3) is 0.647. The van der Waals surface area contributed by atoms with E-state index in [2.05, 4.69) is 30.1 Å². The zero-order valence-corrected chi connectivity index (χ0v) is 25.2. The number of Topliss-reactive ketones (excluding diaryl/α,β-unsaturated/α-hetero) is 2. The van der Waals surface area contributed by atoms with Gasteiger partial charge in [0.15, 0.2) is 23.1 Å². The molecular formula is C34H46N2O5. The zero-order valence-electron chi connectivity index (χ0n) is 25.2. The summed E-state index contributed by atoms with van der Waals surface area (Å²) in [4.78, 5) is 29.3. The molecule has 1 aromatic rings. The number of hydrogen-bond acceptors (Lipinski definition) is 7. The van der Waals surface area contributed by atoms with Gasteiger partial charge in [-0.25, -0.2) is 0 Å². The number of carbonyl (C=O) groups excluding carboxylic acids is 2. The minimum Gasteiger partial charge on any atom is -0.493 e. The predicted octanol–water partition coefficient (Wildman–Crippen LogP) is 4.27. The number of fused-ring (bicyclic) bond motifs is 5. The first-order valence-corrected chi connectivity index (χ1v) is 15.5. The van der Waals surface area contributed by atoms with Gasteiger partial charge in [0.25, 0.3) is 0 Å². The largest absolute Gasteiger partial charge is 0.493 e. The molecule has 0 aromatic heterocycles. The highest BCUT2D eigenvalue weighted by Gasteiger charge is 2.64. The third kappa shape index (κ3) is 4.50. The second-order valence-corrected chi connectivity index (χ2v) is 13.5. The Morgan fingerprint density at radius 3 is 2.56 bits per heavy atom. The lowest BCUT2D eigenvalue weighted by atomic mass is 9.49. The van der Waals surface area contributed by atoms with Crippen LogP contribution in [0.4, 0.5) is 0 Å². The van der Waals surface area contributed by atoms with Crippen LogP contribution in [0.1, 0.15) is 64.4 Å². The number of nitrogens with zero attached hydrogens (tertiary/aromatic N) is 1. The number of ketones is 2. The molecule has 6 rings (SSSR count). The SMILES string of the molecule is COc1ccc(CC2=C3CC[C@@H]4C(=CC[C@@]5(C)[C@H]4CC[C@]5(O)C(=O)CN4CCNCC4)[C@@]3(C)CCC2=O)cc1OC. The first-order chi connectivity index (χ1) is 19.6. The smallest absolute Gasteiger partial charge is 0.178 e. The van der Waals surface area contributed by atoms with E-state index < -0.39 is 11.0 Å². The van der Waals surface area contributed by atoms with Gasteiger partial charge in [-0.05, 0) is 73.6 Å². The summed E-state index contributed by atoms with van der Waals surface area (Å²) in [6.45, 7) is 8.36. The summed E-state index contributed by atoms with van der Waals surface area (Å²) in [5, 5.41) is 15.4. The molecule has 1 aliphatic heterocycles. The molecule has 222 valence electrons. The van der Waals surface area contributed by atoms with Crippen LogP contribution in [0, 0.1) is 22.7 Å². The van der Waals surface area contributed by atoms with Gasteiger partial charge in [0.05, 0.1) is 20.8 Å². The minimum absolute atomic E-state index is 0.00400. The Hall–Kier alpha value is -2.48. The highest BCUT2D eigenvalue weighted by atomic mass is 16.5. The molecule has 0 spiro atoms. The van der Waals surface area contributed by atoms with Crippen molar-refractivity contribution in [1.29, 1.82) is 0 Å². The number of benzene rings is 1. The van der Waals surface area contributed by atoms with E-state index in [-0.39, 0.29) is 22.9 Å². The second kappa shape index (κ2) is 10.7. The molecule has 2 N–H and O–H groups in total. The van der Waals surface area contributed by atoms with E-state index in [1.807, 2.05) is 18.2 Å². The summed E-state index contributed by atoms with van der Waals surface area (Å²) in [7, 11) is 3.27. The van der Waals surface area contributed by atoms with Crippen LogP contribution in [0.25, 0.3) is 0 Å². The van der Waals surface area contributed by atoms with Crippen molar-refractivity contribution in [2.45, 2.75) is 70.8 Å². The lowest BCUT2D eigenvalue weighted by Crippen LogP contribution is -2.58. The molecule has 0 amide bonds. The molecule has 5 atom stereocenters. The Kier molecular flexibility index (Phi) is 7.44.